The van der Waals surface area contributed by atoms with Crippen LogP contribution in [0, 0.1) is 0 Å². The zero-order chi connectivity index (χ0) is 21.5. The van der Waals surface area contributed by atoms with E-state index in [1.807, 2.05) is 20.8 Å². The van der Waals surface area contributed by atoms with Crippen LogP contribution in [-0.4, -0.2) is 24.4 Å². The fraction of sp³-hybridized carbons (Fsp3) is 0.269. The third kappa shape index (κ3) is 5.49. The molecule has 0 aliphatic rings. The molecule has 3 nitrogen and oxygen atoms in total. The maximum atomic E-state index is 12.1. The molecule has 1 amide bonds. The molecule has 0 fully saturated rings. The summed E-state index contributed by atoms with van der Waals surface area (Å²) in [5.74, 6) is 0. The fourth-order valence-electron chi connectivity index (χ4n) is 3.96. The monoisotopic (exact) mass is 421 g/mol. The molecule has 3 rings (SSSR count). The van der Waals surface area contributed by atoms with Gasteiger partial charge in [0.1, 0.15) is 0 Å². The van der Waals surface area contributed by atoms with Crippen molar-refractivity contribution in [1.82, 2.24) is 5.32 Å². The Kier molecular flexibility index (Phi) is 7.29. The van der Waals surface area contributed by atoms with Gasteiger partial charge in [0.25, 0.3) is 0 Å². The van der Waals surface area contributed by atoms with Crippen molar-refractivity contribution in [1.29, 1.82) is 0 Å². The van der Waals surface area contributed by atoms with Gasteiger partial charge < -0.3 is 0 Å². The zero-order valence-electron chi connectivity index (χ0n) is 18.1. The van der Waals surface area contributed by atoms with Crippen molar-refractivity contribution < 1.29 is 9.53 Å². The van der Waals surface area contributed by atoms with E-state index in [0.717, 1.165) is 12.6 Å². The first kappa shape index (κ1) is 22.1. The molecule has 0 aromatic heterocycles. The molecule has 0 atom stereocenters. The van der Waals surface area contributed by atoms with Crippen LogP contribution in [0.4, 0.5) is 4.79 Å². The van der Waals surface area contributed by atoms with Gasteiger partial charge in [0, 0.05) is 0 Å². The van der Waals surface area contributed by atoms with Crippen molar-refractivity contribution in [3.8, 4) is 0 Å². The SMILES string of the molecule is CC(C)(C)OC(=O)NCCC[PH](c1ccccc1)(c1ccccc1)c1ccccc1. The number of alkyl carbamates (subject to hydrolysis) is 1. The van der Waals surface area contributed by atoms with Crippen LogP contribution in [-0.2, 0) is 4.74 Å². The molecule has 0 saturated heterocycles. The van der Waals surface area contributed by atoms with Gasteiger partial charge in [-0.15, -0.1) is 0 Å². The van der Waals surface area contributed by atoms with Gasteiger partial charge in [0.05, 0.1) is 0 Å². The predicted octanol–water partition coefficient (Wildman–Crippen LogP) is 4.63. The topological polar surface area (TPSA) is 38.3 Å². The number of nitrogens with one attached hydrogen (secondary N) is 1. The van der Waals surface area contributed by atoms with Crippen molar-refractivity contribution in [3.05, 3.63) is 91.0 Å². The van der Waals surface area contributed by atoms with Crippen LogP contribution in [0.1, 0.15) is 27.2 Å². The molecule has 0 radical (unpaired) electrons. The summed E-state index contributed by atoms with van der Waals surface area (Å²) in [6.45, 7) is 6.23. The van der Waals surface area contributed by atoms with E-state index in [2.05, 4.69) is 96.3 Å². The van der Waals surface area contributed by atoms with E-state index >= 15 is 0 Å². The van der Waals surface area contributed by atoms with Crippen LogP contribution < -0.4 is 21.2 Å². The van der Waals surface area contributed by atoms with Gasteiger partial charge in [-0.25, -0.2) is 0 Å². The van der Waals surface area contributed by atoms with Gasteiger partial charge in [-0.05, 0) is 0 Å². The summed E-state index contributed by atoms with van der Waals surface area (Å²) < 4.78 is 5.39. The first-order chi connectivity index (χ1) is 14.4. The van der Waals surface area contributed by atoms with Crippen molar-refractivity contribution in [2.45, 2.75) is 32.8 Å². The molecular formula is C26H32NO2P. The second-order valence-electron chi connectivity index (χ2n) is 8.54. The van der Waals surface area contributed by atoms with Crippen LogP contribution >= 0.6 is 7.26 Å². The Labute approximate surface area is 180 Å². The summed E-state index contributed by atoms with van der Waals surface area (Å²) in [5.41, 5.74) is -0.485. The van der Waals surface area contributed by atoms with Gasteiger partial charge in [-0.1, -0.05) is 0 Å². The Morgan fingerprint density at radius 2 is 1.17 bits per heavy atom. The normalized spacial score (nSPS) is 12.2. The van der Waals surface area contributed by atoms with E-state index in [0.29, 0.717) is 6.54 Å². The van der Waals surface area contributed by atoms with Gasteiger partial charge >= 0.3 is 181 Å². The van der Waals surface area contributed by atoms with Crippen LogP contribution in [0.3, 0.4) is 0 Å². The molecule has 30 heavy (non-hydrogen) atoms. The predicted molar refractivity (Wildman–Crippen MR) is 130 cm³/mol. The van der Waals surface area contributed by atoms with Crippen molar-refractivity contribution in [2.24, 2.45) is 0 Å². The van der Waals surface area contributed by atoms with Crippen LogP contribution in [0.5, 0.6) is 0 Å². The summed E-state index contributed by atoms with van der Waals surface area (Å²) in [6, 6.07) is 32.5. The Balaban J connectivity index is 1.91. The fourth-order valence-corrected chi connectivity index (χ4v) is 8.82. The summed E-state index contributed by atoms with van der Waals surface area (Å²) in [4.78, 5) is 12.1. The average Bonchev–Trinajstić information content (AvgIpc) is 2.75. The molecule has 4 heteroatoms. The number of hydrogen-bond acceptors (Lipinski definition) is 2. The van der Waals surface area contributed by atoms with Gasteiger partial charge in [0.15, 0.2) is 0 Å². The quantitative estimate of drug-likeness (QED) is 0.446. The van der Waals surface area contributed by atoms with Gasteiger partial charge in [-0.2, -0.15) is 0 Å². The van der Waals surface area contributed by atoms with E-state index in [-0.39, 0.29) is 6.09 Å². The molecule has 0 unspecified atom stereocenters. The van der Waals surface area contributed by atoms with Crippen molar-refractivity contribution >= 4 is 29.3 Å². The van der Waals surface area contributed by atoms with Gasteiger partial charge in [0.2, 0.25) is 0 Å². The number of hydrogen-bond donors (Lipinski definition) is 1. The third-order valence-electron chi connectivity index (χ3n) is 5.20. The van der Waals surface area contributed by atoms with E-state index in [1.165, 1.54) is 15.9 Å². The summed E-state index contributed by atoms with van der Waals surface area (Å²) >= 11 is 0. The second kappa shape index (κ2) is 9.91. The number of ether oxygens (including phenoxy) is 1. The molecular weight excluding hydrogens is 389 g/mol. The second-order valence-corrected chi connectivity index (χ2v) is 12.6. The average molecular weight is 422 g/mol. The van der Waals surface area contributed by atoms with Crippen molar-refractivity contribution in [3.63, 3.8) is 0 Å². The molecule has 0 bridgehead atoms. The summed E-state index contributed by atoms with van der Waals surface area (Å²) in [6.07, 6.45) is 1.53. The van der Waals surface area contributed by atoms with E-state index < -0.39 is 12.9 Å². The first-order valence-corrected chi connectivity index (χ1v) is 12.8. The molecule has 0 saturated carbocycles. The van der Waals surface area contributed by atoms with Crippen LogP contribution in [0.2, 0.25) is 0 Å². The minimum absolute atomic E-state index is 0.353. The molecule has 0 heterocycles. The summed E-state index contributed by atoms with van der Waals surface area (Å²) in [7, 11) is -2.23. The molecule has 0 aliphatic heterocycles. The third-order valence-corrected chi connectivity index (χ3v) is 10.3. The van der Waals surface area contributed by atoms with E-state index in [9.17, 15) is 4.79 Å². The zero-order valence-corrected chi connectivity index (χ0v) is 19.1. The molecule has 3 aromatic rings. The standard InChI is InChI=1S/C26H32NO2P/c1-26(2,3)29-25(28)27-20-13-21-30(22-14-7-4-8-15-22,23-16-9-5-10-17-23)24-18-11-6-12-19-24/h4-12,14-19,30H,13,20-21H2,1-3H3,(H,27,28). The number of benzene rings is 3. The van der Waals surface area contributed by atoms with E-state index in [4.69, 9.17) is 4.74 Å². The number of rotatable bonds is 7. The Bertz CT molecular complexity index is 825. The van der Waals surface area contributed by atoms with Crippen LogP contribution in [0.25, 0.3) is 0 Å². The van der Waals surface area contributed by atoms with Crippen molar-refractivity contribution in [2.75, 3.05) is 12.7 Å². The Hall–Kier alpha value is -2.64. The molecule has 1 N–H and O–H groups in total. The number of carbonyl (C=O) groups excluding carboxylic acids is 1. The molecule has 3 aromatic carbocycles. The summed E-state index contributed by atoms with van der Waals surface area (Å²) in [5, 5.41) is 7.09. The number of amides is 1. The minimum atomic E-state index is -2.23. The number of carbonyl (C=O) groups is 1. The molecule has 158 valence electrons. The maximum absolute atomic E-state index is 12.1. The molecule has 0 aliphatic carbocycles. The van der Waals surface area contributed by atoms with Crippen LogP contribution in [0.15, 0.2) is 91.0 Å². The Morgan fingerprint density at radius 1 is 0.767 bits per heavy atom. The van der Waals surface area contributed by atoms with Gasteiger partial charge in [-0.3, -0.25) is 0 Å². The Morgan fingerprint density at radius 3 is 1.53 bits per heavy atom. The van der Waals surface area contributed by atoms with E-state index in [1.54, 1.807) is 0 Å². The first-order valence-electron chi connectivity index (χ1n) is 10.6. The molecule has 0 spiro atoms.